The Bertz CT molecular complexity index is 736. The fraction of sp³-hybridized carbons (Fsp3) is 0.333. The van der Waals surface area contributed by atoms with E-state index in [1.54, 1.807) is 18.2 Å². The predicted octanol–water partition coefficient (Wildman–Crippen LogP) is 5.25. The average molecular weight is 367 g/mol. The lowest BCUT2D eigenvalue weighted by molar-refractivity contribution is 0.0318. The number of rotatable bonds is 10. The van der Waals surface area contributed by atoms with E-state index in [1.807, 2.05) is 48.5 Å². The van der Waals surface area contributed by atoms with Crippen molar-refractivity contribution in [3.8, 4) is 5.75 Å². The second-order valence-corrected chi connectivity index (χ2v) is 6.89. The minimum absolute atomic E-state index is 0.259. The van der Waals surface area contributed by atoms with E-state index in [2.05, 4.69) is 13.5 Å². The normalized spacial score (nSPS) is 15.1. The fourth-order valence-electron chi connectivity index (χ4n) is 3.31. The minimum atomic E-state index is -0.782. The van der Waals surface area contributed by atoms with E-state index >= 15 is 0 Å². The van der Waals surface area contributed by atoms with Gasteiger partial charge in [-0.15, -0.1) is 6.58 Å². The molecule has 0 radical (unpaired) electrons. The molecule has 0 bridgehead atoms. The van der Waals surface area contributed by atoms with Crippen LogP contribution in [0.5, 0.6) is 5.75 Å². The summed E-state index contributed by atoms with van der Waals surface area (Å²) in [6.45, 7) is 5.92. The number of aliphatic hydroxyl groups is 2. The van der Waals surface area contributed by atoms with Crippen molar-refractivity contribution >= 4 is 6.08 Å². The molecule has 144 valence electrons. The molecular weight excluding hydrogens is 336 g/mol. The molecule has 3 nitrogen and oxygen atoms in total. The van der Waals surface area contributed by atoms with Crippen molar-refractivity contribution in [1.29, 1.82) is 0 Å². The van der Waals surface area contributed by atoms with Gasteiger partial charge in [0.2, 0.25) is 0 Å². The number of aliphatic hydroxyl groups excluding tert-OH is 2. The van der Waals surface area contributed by atoms with Crippen LogP contribution in [0, 0.1) is 5.92 Å². The van der Waals surface area contributed by atoms with Crippen molar-refractivity contribution in [2.45, 2.75) is 44.8 Å². The molecular formula is C24H30O3. The molecule has 0 heterocycles. The number of hydrogen-bond acceptors (Lipinski definition) is 3. The van der Waals surface area contributed by atoms with Crippen LogP contribution in [-0.4, -0.2) is 21.4 Å². The monoisotopic (exact) mass is 366 g/mol. The zero-order valence-corrected chi connectivity index (χ0v) is 16.0. The molecule has 0 saturated heterocycles. The van der Waals surface area contributed by atoms with Gasteiger partial charge in [0, 0.05) is 11.5 Å². The van der Waals surface area contributed by atoms with Crippen molar-refractivity contribution in [3.05, 3.63) is 84.0 Å². The molecule has 0 aromatic heterocycles. The summed E-state index contributed by atoms with van der Waals surface area (Å²) in [4.78, 5) is 0. The number of aromatic hydroxyl groups is 1. The van der Waals surface area contributed by atoms with Gasteiger partial charge in [-0.05, 0) is 30.9 Å². The molecule has 0 aliphatic rings. The summed E-state index contributed by atoms with van der Waals surface area (Å²) in [6.07, 6.45) is 5.29. The number of hydrogen-bond donors (Lipinski definition) is 3. The van der Waals surface area contributed by atoms with Crippen LogP contribution in [0.2, 0.25) is 0 Å². The third kappa shape index (κ3) is 6.09. The van der Waals surface area contributed by atoms with Crippen LogP contribution in [-0.2, 0) is 0 Å². The summed E-state index contributed by atoms with van der Waals surface area (Å²) in [5.41, 5.74) is 2.75. The van der Waals surface area contributed by atoms with Gasteiger partial charge in [0.1, 0.15) is 5.75 Å². The molecule has 3 heteroatoms. The van der Waals surface area contributed by atoms with Gasteiger partial charge in [-0.1, -0.05) is 79.6 Å². The standard InChI is InChI=1S/C24H30O3/c1-3-10-18(17-20-13-8-9-14-22(20)25)15-16-23(26)21(4-2)24(27)19-11-6-5-7-12-19/h4-9,11-14,17,21,23-27H,2-3,10,15-16H2,1H3/b18-17+/t21-,23-,24-/m1/s1. The molecule has 2 rings (SSSR count). The minimum Gasteiger partial charge on any atom is -0.507 e. The first-order chi connectivity index (χ1) is 13.1. The van der Waals surface area contributed by atoms with Crippen LogP contribution in [0.1, 0.15) is 49.8 Å². The van der Waals surface area contributed by atoms with E-state index in [4.69, 9.17) is 0 Å². The predicted molar refractivity (Wildman–Crippen MR) is 111 cm³/mol. The Kier molecular flexibility index (Phi) is 8.31. The van der Waals surface area contributed by atoms with Gasteiger partial charge in [-0.25, -0.2) is 0 Å². The van der Waals surface area contributed by atoms with E-state index < -0.39 is 18.1 Å². The lowest BCUT2D eigenvalue weighted by atomic mass is 9.87. The summed E-state index contributed by atoms with van der Waals surface area (Å²) in [5.74, 6) is -0.171. The highest BCUT2D eigenvalue weighted by molar-refractivity contribution is 5.59. The van der Waals surface area contributed by atoms with E-state index in [0.29, 0.717) is 12.8 Å². The van der Waals surface area contributed by atoms with Gasteiger partial charge in [-0.2, -0.15) is 0 Å². The molecule has 0 unspecified atom stereocenters. The summed E-state index contributed by atoms with van der Waals surface area (Å²) in [7, 11) is 0. The Balaban J connectivity index is 2.06. The molecule has 0 aliphatic carbocycles. The molecule has 0 amide bonds. The Hall–Kier alpha value is -2.36. The smallest absolute Gasteiger partial charge is 0.122 e. The van der Waals surface area contributed by atoms with Crippen molar-refractivity contribution in [3.63, 3.8) is 0 Å². The average Bonchev–Trinajstić information content (AvgIpc) is 2.69. The summed E-state index contributed by atoms with van der Waals surface area (Å²) in [5, 5.41) is 31.3. The number of para-hydroxylation sites is 1. The Morgan fingerprint density at radius 2 is 1.67 bits per heavy atom. The zero-order chi connectivity index (χ0) is 19.6. The molecule has 3 atom stereocenters. The number of phenolic OH excluding ortho intramolecular Hbond substituents is 1. The maximum atomic E-state index is 10.7. The second-order valence-electron chi connectivity index (χ2n) is 6.89. The molecule has 0 fully saturated rings. The molecule has 27 heavy (non-hydrogen) atoms. The van der Waals surface area contributed by atoms with E-state index in [-0.39, 0.29) is 5.75 Å². The molecule has 3 N–H and O–H groups in total. The lowest BCUT2D eigenvalue weighted by Crippen LogP contribution is -2.25. The SMILES string of the molecule is C=C[C@H]([C@H](O)CC/C(=C/c1ccccc1O)CCC)[C@H](O)c1ccccc1. The summed E-state index contributed by atoms with van der Waals surface area (Å²) < 4.78 is 0. The van der Waals surface area contributed by atoms with Gasteiger partial charge in [0.25, 0.3) is 0 Å². The maximum Gasteiger partial charge on any atom is 0.122 e. The maximum absolute atomic E-state index is 10.7. The van der Waals surface area contributed by atoms with Crippen molar-refractivity contribution in [2.75, 3.05) is 0 Å². The fourth-order valence-corrected chi connectivity index (χ4v) is 3.31. The van der Waals surface area contributed by atoms with Crippen LogP contribution in [0.3, 0.4) is 0 Å². The highest BCUT2D eigenvalue weighted by Crippen LogP contribution is 2.29. The van der Waals surface area contributed by atoms with Crippen LogP contribution in [0.15, 0.2) is 72.8 Å². The van der Waals surface area contributed by atoms with Gasteiger partial charge in [0.15, 0.2) is 0 Å². The van der Waals surface area contributed by atoms with Crippen LogP contribution >= 0.6 is 0 Å². The Morgan fingerprint density at radius 3 is 2.30 bits per heavy atom. The first kappa shape index (κ1) is 20.9. The molecule has 0 spiro atoms. The molecule has 2 aromatic carbocycles. The molecule has 0 saturated carbocycles. The highest BCUT2D eigenvalue weighted by Gasteiger charge is 2.25. The topological polar surface area (TPSA) is 60.7 Å². The molecule has 0 aliphatic heterocycles. The van der Waals surface area contributed by atoms with Crippen LogP contribution in [0.4, 0.5) is 0 Å². The van der Waals surface area contributed by atoms with Crippen molar-refractivity contribution < 1.29 is 15.3 Å². The van der Waals surface area contributed by atoms with E-state index in [1.165, 1.54) is 5.57 Å². The second kappa shape index (κ2) is 10.7. The van der Waals surface area contributed by atoms with Gasteiger partial charge >= 0.3 is 0 Å². The number of phenols is 1. The van der Waals surface area contributed by atoms with Crippen molar-refractivity contribution in [1.82, 2.24) is 0 Å². The van der Waals surface area contributed by atoms with Gasteiger partial charge in [0.05, 0.1) is 12.2 Å². The largest absolute Gasteiger partial charge is 0.507 e. The first-order valence-electron chi connectivity index (χ1n) is 9.57. The van der Waals surface area contributed by atoms with Crippen LogP contribution < -0.4 is 0 Å². The van der Waals surface area contributed by atoms with Crippen molar-refractivity contribution in [2.24, 2.45) is 5.92 Å². The van der Waals surface area contributed by atoms with Gasteiger partial charge < -0.3 is 15.3 Å². The van der Waals surface area contributed by atoms with E-state index in [9.17, 15) is 15.3 Å². The third-order valence-electron chi connectivity index (χ3n) is 4.85. The first-order valence-corrected chi connectivity index (χ1v) is 9.57. The van der Waals surface area contributed by atoms with Crippen LogP contribution in [0.25, 0.3) is 6.08 Å². The highest BCUT2D eigenvalue weighted by atomic mass is 16.3. The Labute approximate surface area is 162 Å². The third-order valence-corrected chi connectivity index (χ3v) is 4.85. The number of allylic oxidation sites excluding steroid dienone is 1. The zero-order valence-electron chi connectivity index (χ0n) is 16.0. The Morgan fingerprint density at radius 1 is 1.00 bits per heavy atom. The number of benzene rings is 2. The lowest BCUT2D eigenvalue weighted by Gasteiger charge is -2.25. The van der Waals surface area contributed by atoms with E-state index in [0.717, 1.165) is 24.0 Å². The quantitative estimate of drug-likeness (QED) is 0.503. The van der Waals surface area contributed by atoms with Gasteiger partial charge in [-0.3, -0.25) is 0 Å². The summed E-state index contributed by atoms with van der Waals surface area (Å²) in [6, 6.07) is 16.6. The summed E-state index contributed by atoms with van der Waals surface area (Å²) >= 11 is 0. The molecule has 2 aromatic rings.